The zero-order valence-corrected chi connectivity index (χ0v) is 8.60. The first-order valence-corrected chi connectivity index (χ1v) is 4.79. The van der Waals surface area contributed by atoms with E-state index in [-0.39, 0.29) is 5.56 Å². The predicted octanol–water partition coefficient (Wildman–Crippen LogP) is 4.08. The first-order valence-electron chi connectivity index (χ1n) is 4.79. The molecule has 0 radical (unpaired) electrons. The van der Waals surface area contributed by atoms with Gasteiger partial charge in [0.25, 0.3) is 0 Å². The smallest absolute Gasteiger partial charge is 0.166 e. The van der Waals surface area contributed by atoms with Crippen molar-refractivity contribution in [3.8, 4) is 11.1 Å². The highest BCUT2D eigenvalue weighted by Crippen LogP contribution is 2.25. The number of halogens is 3. The van der Waals surface area contributed by atoms with Crippen LogP contribution < -0.4 is 0 Å². The minimum absolute atomic E-state index is 0.0579. The molecule has 0 heterocycles. The highest BCUT2D eigenvalue weighted by molar-refractivity contribution is 5.64. The van der Waals surface area contributed by atoms with Gasteiger partial charge in [-0.05, 0) is 18.6 Å². The summed E-state index contributed by atoms with van der Waals surface area (Å²) in [4.78, 5) is 0. The summed E-state index contributed by atoms with van der Waals surface area (Å²) in [5, 5.41) is 0. The van der Waals surface area contributed by atoms with E-state index in [1.54, 1.807) is 24.3 Å². The lowest BCUT2D eigenvalue weighted by Crippen LogP contribution is -1.92. The van der Waals surface area contributed by atoms with Gasteiger partial charge in [0.05, 0.1) is 0 Å². The van der Waals surface area contributed by atoms with Crippen molar-refractivity contribution in [1.82, 2.24) is 0 Å². The van der Waals surface area contributed by atoms with E-state index in [1.807, 2.05) is 6.92 Å². The lowest BCUT2D eigenvalue weighted by atomic mass is 10.0. The molecule has 16 heavy (non-hydrogen) atoms. The molecule has 2 aromatic rings. The molecular weight excluding hydrogens is 213 g/mol. The van der Waals surface area contributed by atoms with Gasteiger partial charge < -0.3 is 0 Å². The Morgan fingerprint density at radius 1 is 0.875 bits per heavy atom. The molecule has 3 heteroatoms. The number of hydrogen-bond acceptors (Lipinski definition) is 0. The fraction of sp³-hybridized carbons (Fsp3) is 0.0769. The van der Waals surface area contributed by atoms with E-state index >= 15 is 0 Å². The summed E-state index contributed by atoms with van der Waals surface area (Å²) in [6.45, 7) is 1.88. The van der Waals surface area contributed by atoms with Crippen LogP contribution in [0, 0.1) is 24.4 Å². The second kappa shape index (κ2) is 4.00. The van der Waals surface area contributed by atoms with Crippen LogP contribution in [0.4, 0.5) is 13.2 Å². The lowest BCUT2D eigenvalue weighted by molar-refractivity contribution is 0.497. The quantitative estimate of drug-likeness (QED) is 0.638. The summed E-state index contributed by atoms with van der Waals surface area (Å²) in [5.74, 6) is -2.98. The van der Waals surface area contributed by atoms with Crippen LogP contribution >= 0.6 is 0 Å². The molecule has 0 aliphatic carbocycles. The van der Waals surface area contributed by atoms with Crippen LogP contribution in [0.2, 0.25) is 0 Å². The maximum absolute atomic E-state index is 13.4. The van der Waals surface area contributed by atoms with Gasteiger partial charge >= 0.3 is 0 Å². The van der Waals surface area contributed by atoms with Gasteiger partial charge in [-0.25, -0.2) is 13.2 Å². The molecule has 0 aliphatic rings. The van der Waals surface area contributed by atoms with Crippen LogP contribution in [0.3, 0.4) is 0 Å². The maximum atomic E-state index is 13.4. The van der Waals surface area contributed by atoms with E-state index < -0.39 is 17.5 Å². The van der Waals surface area contributed by atoms with Crippen molar-refractivity contribution in [2.75, 3.05) is 0 Å². The molecule has 0 amide bonds. The SMILES string of the molecule is Cc1ccc(-c2cc(F)cc(F)c2F)cc1. The van der Waals surface area contributed by atoms with E-state index in [0.717, 1.165) is 11.6 Å². The van der Waals surface area contributed by atoms with Gasteiger partial charge in [0.15, 0.2) is 11.6 Å². The van der Waals surface area contributed by atoms with Crippen LogP contribution in [-0.4, -0.2) is 0 Å². The Balaban J connectivity index is 2.59. The summed E-state index contributed by atoms with van der Waals surface area (Å²) in [6, 6.07) is 8.31. The normalized spacial score (nSPS) is 10.5. The highest BCUT2D eigenvalue weighted by Gasteiger charge is 2.12. The summed E-state index contributed by atoms with van der Waals surface area (Å²) >= 11 is 0. The monoisotopic (exact) mass is 222 g/mol. The van der Waals surface area contributed by atoms with Gasteiger partial charge in [-0.15, -0.1) is 0 Å². The second-order valence-electron chi connectivity index (χ2n) is 3.62. The largest absolute Gasteiger partial charge is 0.207 e. The fourth-order valence-electron chi connectivity index (χ4n) is 1.50. The van der Waals surface area contributed by atoms with Gasteiger partial charge in [0.1, 0.15) is 5.82 Å². The van der Waals surface area contributed by atoms with Gasteiger partial charge in [-0.1, -0.05) is 29.8 Å². The predicted molar refractivity (Wildman–Crippen MR) is 56.5 cm³/mol. The van der Waals surface area contributed by atoms with Crippen molar-refractivity contribution in [3.63, 3.8) is 0 Å². The Kier molecular flexibility index (Phi) is 2.69. The molecular formula is C13H9F3. The third-order valence-electron chi connectivity index (χ3n) is 2.36. The maximum Gasteiger partial charge on any atom is 0.166 e. The molecule has 0 spiro atoms. The molecule has 2 aromatic carbocycles. The lowest BCUT2D eigenvalue weighted by Gasteiger charge is -2.05. The molecule has 0 saturated carbocycles. The minimum atomic E-state index is -1.17. The average molecular weight is 222 g/mol. The topological polar surface area (TPSA) is 0 Å². The highest BCUT2D eigenvalue weighted by atomic mass is 19.2. The Bertz CT molecular complexity index is 515. The summed E-state index contributed by atoms with van der Waals surface area (Å²) in [7, 11) is 0. The van der Waals surface area contributed by atoms with Crippen molar-refractivity contribution in [2.24, 2.45) is 0 Å². The van der Waals surface area contributed by atoms with Crippen LogP contribution in [0.25, 0.3) is 11.1 Å². The standard InChI is InChI=1S/C13H9F3/c1-8-2-4-9(5-3-8)11-6-10(14)7-12(15)13(11)16/h2-7H,1H3. The van der Waals surface area contributed by atoms with E-state index in [1.165, 1.54) is 0 Å². The van der Waals surface area contributed by atoms with Gasteiger partial charge in [0.2, 0.25) is 0 Å². The number of benzene rings is 2. The minimum Gasteiger partial charge on any atom is -0.207 e. The summed E-state index contributed by atoms with van der Waals surface area (Å²) in [6.07, 6.45) is 0. The molecule has 0 unspecified atom stereocenters. The van der Waals surface area contributed by atoms with E-state index in [2.05, 4.69) is 0 Å². The molecule has 2 rings (SSSR count). The van der Waals surface area contributed by atoms with Crippen molar-refractivity contribution >= 4 is 0 Å². The Hall–Kier alpha value is -1.77. The molecule has 0 nitrogen and oxygen atoms in total. The Labute approximate surface area is 91.4 Å². The fourth-order valence-corrected chi connectivity index (χ4v) is 1.50. The molecule has 0 aliphatic heterocycles. The van der Waals surface area contributed by atoms with Crippen LogP contribution in [-0.2, 0) is 0 Å². The average Bonchev–Trinajstić information content (AvgIpc) is 2.25. The Morgan fingerprint density at radius 3 is 2.12 bits per heavy atom. The third-order valence-corrected chi connectivity index (χ3v) is 2.36. The zero-order chi connectivity index (χ0) is 11.7. The Morgan fingerprint density at radius 2 is 1.50 bits per heavy atom. The van der Waals surface area contributed by atoms with Crippen LogP contribution in [0.15, 0.2) is 36.4 Å². The van der Waals surface area contributed by atoms with Gasteiger partial charge in [0, 0.05) is 11.6 Å². The first kappa shape index (κ1) is 10.7. The van der Waals surface area contributed by atoms with Crippen LogP contribution in [0.1, 0.15) is 5.56 Å². The van der Waals surface area contributed by atoms with Crippen molar-refractivity contribution in [2.45, 2.75) is 6.92 Å². The molecule has 0 bridgehead atoms. The molecule has 82 valence electrons. The zero-order valence-electron chi connectivity index (χ0n) is 8.60. The third kappa shape index (κ3) is 1.94. The summed E-state index contributed by atoms with van der Waals surface area (Å²) < 4.78 is 39.4. The molecule has 0 fully saturated rings. The van der Waals surface area contributed by atoms with Crippen molar-refractivity contribution in [1.29, 1.82) is 0 Å². The molecule has 0 atom stereocenters. The van der Waals surface area contributed by atoms with Gasteiger partial charge in [-0.3, -0.25) is 0 Å². The van der Waals surface area contributed by atoms with Crippen molar-refractivity contribution in [3.05, 3.63) is 59.4 Å². The molecule has 0 N–H and O–H groups in total. The summed E-state index contributed by atoms with van der Waals surface area (Å²) in [5.41, 5.74) is 1.40. The van der Waals surface area contributed by atoms with E-state index in [0.29, 0.717) is 11.6 Å². The molecule has 0 aromatic heterocycles. The first-order chi connectivity index (χ1) is 7.58. The number of hydrogen-bond donors (Lipinski definition) is 0. The second-order valence-corrected chi connectivity index (χ2v) is 3.62. The number of aryl methyl sites for hydroxylation is 1. The molecule has 0 saturated heterocycles. The van der Waals surface area contributed by atoms with Gasteiger partial charge in [-0.2, -0.15) is 0 Å². The van der Waals surface area contributed by atoms with E-state index in [4.69, 9.17) is 0 Å². The van der Waals surface area contributed by atoms with E-state index in [9.17, 15) is 13.2 Å². The van der Waals surface area contributed by atoms with Crippen molar-refractivity contribution < 1.29 is 13.2 Å². The van der Waals surface area contributed by atoms with Crippen LogP contribution in [0.5, 0.6) is 0 Å². The number of rotatable bonds is 1.